The fraction of sp³-hybridized carbons (Fsp3) is 0.357. The first-order valence-corrected chi connectivity index (χ1v) is 13.9. The van der Waals surface area contributed by atoms with E-state index >= 15 is 0 Å². The molecular formula is C28H31N7O2S. The molecular weight excluding hydrogens is 498 g/mol. The number of hydrogen-bond donors (Lipinski definition) is 4. The number of hydrogen-bond acceptors (Lipinski definition) is 8. The minimum absolute atomic E-state index is 0.0248. The highest BCUT2D eigenvalue weighted by Crippen LogP contribution is 2.34. The number of rotatable bonds is 7. The summed E-state index contributed by atoms with van der Waals surface area (Å²) in [5.41, 5.74) is 7.18. The van der Waals surface area contributed by atoms with Crippen molar-refractivity contribution in [2.75, 3.05) is 16.4 Å². The summed E-state index contributed by atoms with van der Waals surface area (Å²) < 4.78 is 2.62. The average molecular weight is 530 g/mol. The maximum absolute atomic E-state index is 13.6. The highest BCUT2D eigenvalue weighted by molar-refractivity contribution is 7.19. The second-order valence-corrected chi connectivity index (χ2v) is 11.5. The summed E-state index contributed by atoms with van der Waals surface area (Å²) >= 11 is 1.58. The summed E-state index contributed by atoms with van der Waals surface area (Å²) in [5.74, 6) is 0.999. The third-order valence-corrected chi connectivity index (χ3v) is 8.60. The predicted octanol–water partition coefficient (Wildman–Crippen LogP) is 4.25. The fourth-order valence-electron chi connectivity index (χ4n) is 5.63. The second-order valence-electron chi connectivity index (χ2n) is 10.3. The van der Waals surface area contributed by atoms with Crippen molar-refractivity contribution in [2.24, 2.45) is 0 Å². The number of carbonyl (C=O) groups is 1. The highest BCUT2D eigenvalue weighted by atomic mass is 32.1. The third kappa shape index (κ3) is 4.83. The largest absolute Gasteiger partial charge is 0.384 e. The molecule has 1 saturated carbocycles. The topological polar surface area (TPSA) is 127 Å². The van der Waals surface area contributed by atoms with Crippen molar-refractivity contribution < 1.29 is 4.79 Å². The molecule has 1 fully saturated rings. The molecule has 6 rings (SSSR count). The van der Waals surface area contributed by atoms with E-state index in [0.29, 0.717) is 36.3 Å². The highest BCUT2D eigenvalue weighted by Gasteiger charge is 2.36. The van der Waals surface area contributed by atoms with Crippen LogP contribution in [0.3, 0.4) is 0 Å². The summed E-state index contributed by atoms with van der Waals surface area (Å²) in [6.45, 7) is 2.40. The van der Waals surface area contributed by atoms with Crippen LogP contribution in [-0.4, -0.2) is 32.5 Å². The number of nitrogens with zero attached hydrogens (tertiary/aromatic N) is 3. The van der Waals surface area contributed by atoms with Gasteiger partial charge in [0.25, 0.3) is 5.56 Å². The van der Waals surface area contributed by atoms with Gasteiger partial charge < -0.3 is 21.7 Å². The van der Waals surface area contributed by atoms with E-state index in [9.17, 15) is 9.59 Å². The molecule has 10 heteroatoms. The Kier molecular flexibility index (Phi) is 6.49. The van der Waals surface area contributed by atoms with Gasteiger partial charge in [-0.05, 0) is 49.9 Å². The van der Waals surface area contributed by atoms with E-state index in [4.69, 9.17) is 5.73 Å². The SMILES string of the molecule is C[C@@H]1C[C@@H](C(=O)NCc2cc3cnc(N)cc3s2)n2c1ncc(N[C@@H]1CC[C@@H](Nc3ccccc3)C1)c2=O. The molecule has 1 aromatic carbocycles. The fourth-order valence-corrected chi connectivity index (χ4v) is 6.66. The Bertz CT molecular complexity index is 1530. The number of amides is 1. The van der Waals surface area contributed by atoms with Crippen molar-refractivity contribution in [3.63, 3.8) is 0 Å². The van der Waals surface area contributed by atoms with Crippen molar-refractivity contribution in [1.29, 1.82) is 0 Å². The number of fused-ring (bicyclic) bond motifs is 2. The number of thiophene rings is 1. The quantitative estimate of drug-likeness (QED) is 0.282. The molecule has 5 N–H and O–H groups in total. The number of benzene rings is 1. The van der Waals surface area contributed by atoms with Gasteiger partial charge in [-0.25, -0.2) is 9.97 Å². The molecule has 0 radical (unpaired) electrons. The van der Waals surface area contributed by atoms with E-state index in [1.54, 1.807) is 28.3 Å². The molecule has 9 nitrogen and oxygen atoms in total. The van der Waals surface area contributed by atoms with Gasteiger partial charge in [-0.2, -0.15) is 0 Å². The van der Waals surface area contributed by atoms with Gasteiger partial charge in [0.05, 0.1) is 12.7 Å². The summed E-state index contributed by atoms with van der Waals surface area (Å²) in [7, 11) is 0. The Hall–Kier alpha value is -3.92. The number of aromatic nitrogens is 3. The zero-order valence-electron chi connectivity index (χ0n) is 21.2. The van der Waals surface area contributed by atoms with Crippen LogP contribution in [0.25, 0.3) is 10.1 Å². The van der Waals surface area contributed by atoms with E-state index in [1.165, 1.54) is 0 Å². The Morgan fingerprint density at radius 2 is 1.87 bits per heavy atom. The van der Waals surface area contributed by atoms with Crippen molar-refractivity contribution in [2.45, 2.75) is 63.2 Å². The van der Waals surface area contributed by atoms with Gasteiger partial charge in [0.2, 0.25) is 5.91 Å². The molecule has 4 atom stereocenters. The molecule has 38 heavy (non-hydrogen) atoms. The lowest BCUT2D eigenvalue weighted by atomic mass is 10.1. The van der Waals surface area contributed by atoms with E-state index in [0.717, 1.165) is 39.9 Å². The lowest BCUT2D eigenvalue weighted by Crippen LogP contribution is -2.37. The molecule has 1 aliphatic heterocycles. The average Bonchev–Trinajstić information content (AvgIpc) is 3.62. The summed E-state index contributed by atoms with van der Waals surface area (Å²) in [6.07, 6.45) is 6.83. The number of nitrogen functional groups attached to an aromatic ring is 1. The van der Waals surface area contributed by atoms with Crippen LogP contribution in [0.4, 0.5) is 17.2 Å². The van der Waals surface area contributed by atoms with Crippen LogP contribution >= 0.6 is 11.3 Å². The van der Waals surface area contributed by atoms with Gasteiger partial charge in [0.1, 0.15) is 23.4 Å². The van der Waals surface area contributed by atoms with Crippen molar-refractivity contribution >= 4 is 44.5 Å². The van der Waals surface area contributed by atoms with Crippen LogP contribution in [-0.2, 0) is 11.3 Å². The number of anilines is 3. The zero-order chi connectivity index (χ0) is 26.2. The van der Waals surface area contributed by atoms with Gasteiger partial charge in [-0.15, -0.1) is 11.3 Å². The zero-order valence-corrected chi connectivity index (χ0v) is 22.0. The van der Waals surface area contributed by atoms with Crippen LogP contribution in [0.5, 0.6) is 0 Å². The Morgan fingerprint density at radius 3 is 2.68 bits per heavy atom. The van der Waals surface area contributed by atoms with Crippen molar-refractivity contribution in [1.82, 2.24) is 19.9 Å². The lowest BCUT2D eigenvalue weighted by molar-refractivity contribution is -0.124. The van der Waals surface area contributed by atoms with E-state index in [-0.39, 0.29) is 23.4 Å². The maximum atomic E-state index is 13.6. The number of nitrogens with two attached hydrogens (primary N) is 1. The molecule has 2 aliphatic rings. The molecule has 4 aromatic rings. The first-order valence-electron chi connectivity index (χ1n) is 13.1. The van der Waals surface area contributed by atoms with Crippen LogP contribution in [0, 0.1) is 0 Å². The Morgan fingerprint density at radius 1 is 1.08 bits per heavy atom. The van der Waals surface area contributed by atoms with E-state index in [2.05, 4.69) is 38.1 Å². The number of pyridine rings is 1. The molecule has 3 aromatic heterocycles. The minimum atomic E-state index is -0.579. The monoisotopic (exact) mass is 529 g/mol. The first kappa shape index (κ1) is 24.4. The van der Waals surface area contributed by atoms with Gasteiger partial charge in [0, 0.05) is 44.8 Å². The summed E-state index contributed by atoms with van der Waals surface area (Å²) in [6, 6.07) is 14.0. The molecule has 4 heterocycles. The lowest BCUT2D eigenvalue weighted by Gasteiger charge is -2.18. The minimum Gasteiger partial charge on any atom is -0.384 e. The molecule has 0 spiro atoms. The third-order valence-electron chi connectivity index (χ3n) is 7.50. The Balaban J connectivity index is 1.13. The normalized spacial score (nSPS) is 22.3. The van der Waals surface area contributed by atoms with Gasteiger partial charge in [0.15, 0.2) is 0 Å². The van der Waals surface area contributed by atoms with E-state index in [1.807, 2.05) is 37.3 Å². The van der Waals surface area contributed by atoms with Gasteiger partial charge >= 0.3 is 0 Å². The first-order chi connectivity index (χ1) is 18.4. The van der Waals surface area contributed by atoms with Gasteiger partial charge in [-0.3, -0.25) is 14.2 Å². The van der Waals surface area contributed by atoms with Crippen LogP contribution in [0.1, 0.15) is 55.3 Å². The van der Waals surface area contributed by atoms with Crippen LogP contribution < -0.4 is 27.2 Å². The molecule has 0 bridgehead atoms. The van der Waals surface area contributed by atoms with E-state index < -0.39 is 6.04 Å². The van der Waals surface area contributed by atoms with Crippen molar-refractivity contribution in [3.8, 4) is 0 Å². The van der Waals surface area contributed by atoms with Crippen LogP contribution in [0.15, 0.2) is 59.7 Å². The Labute approximate surface area is 224 Å². The molecule has 196 valence electrons. The molecule has 0 saturated heterocycles. The van der Waals surface area contributed by atoms with Gasteiger partial charge in [-0.1, -0.05) is 25.1 Å². The number of para-hydroxylation sites is 1. The predicted molar refractivity (Wildman–Crippen MR) is 152 cm³/mol. The summed E-state index contributed by atoms with van der Waals surface area (Å²) in [4.78, 5) is 36.6. The maximum Gasteiger partial charge on any atom is 0.277 e. The molecule has 0 unspecified atom stereocenters. The number of nitrogens with one attached hydrogen (secondary N) is 3. The van der Waals surface area contributed by atoms with Crippen molar-refractivity contribution in [3.05, 3.63) is 75.9 Å². The van der Waals surface area contributed by atoms with Crippen LogP contribution in [0.2, 0.25) is 0 Å². The summed E-state index contributed by atoms with van der Waals surface area (Å²) in [5, 5.41) is 11.0. The molecule has 1 amide bonds. The standard InChI is InChI=1S/C28H31N7O2S/c1-16-9-23(27(36)32-14-21-10-17-13-30-25(29)12-24(17)38-21)35-26(16)31-15-22(28(35)37)34-20-8-7-19(11-20)33-18-5-3-2-4-6-18/h2-6,10,12-13,15-16,19-20,23,33-34H,7-9,11,14H2,1H3,(H2,29,30)(H,32,36)/t16-,19-,20-,23+/m1/s1. The molecule has 1 aliphatic carbocycles. The second kappa shape index (κ2) is 10.1. The smallest absolute Gasteiger partial charge is 0.277 e. The number of carbonyl (C=O) groups excluding carboxylic acids is 1.